The van der Waals surface area contributed by atoms with Gasteiger partial charge in [-0.05, 0) is 30.9 Å². The number of hydrogen-bond donors (Lipinski definition) is 2. The fraction of sp³-hybridized carbons (Fsp3) is 0.200. The first-order valence-corrected chi connectivity index (χ1v) is 5.62. The van der Waals surface area contributed by atoms with Crippen molar-refractivity contribution in [1.29, 1.82) is 0 Å². The molecule has 0 aliphatic carbocycles. The minimum absolute atomic E-state index is 0.0870. The number of carbonyl (C=O) groups is 1. The number of nitrogens with zero attached hydrogens (tertiary/aromatic N) is 1. The van der Waals surface area contributed by atoms with Crippen LogP contribution in [-0.2, 0) is 0 Å². The average Bonchev–Trinajstić information content (AvgIpc) is 2.59. The summed E-state index contributed by atoms with van der Waals surface area (Å²) < 4.78 is 0. The Balaban J connectivity index is 2.80. The Morgan fingerprint density at radius 2 is 2.27 bits per heavy atom. The molecule has 0 unspecified atom stereocenters. The predicted octanol–water partition coefficient (Wildman–Crippen LogP) is 2.29. The number of carboxylic acid groups (broad SMARTS) is 1. The molecular formula is C10H10N2O2S. The highest BCUT2D eigenvalue weighted by Gasteiger charge is 2.14. The Kier molecular flexibility index (Phi) is 2.40. The van der Waals surface area contributed by atoms with Gasteiger partial charge in [-0.25, -0.2) is 4.79 Å². The van der Waals surface area contributed by atoms with E-state index in [2.05, 4.69) is 10.2 Å². The van der Waals surface area contributed by atoms with Gasteiger partial charge in [0.05, 0.1) is 5.52 Å². The van der Waals surface area contributed by atoms with Crippen molar-refractivity contribution in [3.8, 4) is 0 Å². The normalized spacial score (nSPS) is 10.8. The number of rotatable bonds is 2. The lowest BCUT2D eigenvalue weighted by molar-refractivity contribution is 0.0692. The minimum atomic E-state index is -1.00. The molecule has 1 aromatic heterocycles. The zero-order chi connectivity index (χ0) is 11.0. The van der Waals surface area contributed by atoms with E-state index in [4.69, 9.17) is 5.11 Å². The highest BCUT2D eigenvalue weighted by molar-refractivity contribution is 7.98. The van der Waals surface area contributed by atoms with Crippen LogP contribution in [0.5, 0.6) is 0 Å². The van der Waals surface area contributed by atoms with Gasteiger partial charge in [0, 0.05) is 10.3 Å². The number of aryl methyl sites for hydroxylation is 1. The molecule has 2 aromatic rings. The molecule has 4 nitrogen and oxygen atoms in total. The van der Waals surface area contributed by atoms with E-state index in [-0.39, 0.29) is 5.69 Å². The molecule has 0 saturated heterocycles. The molecule has 0 aliphatic rings. The van der Waals surface area contributed by atoms with Gasteiger partial charge in [-0.15, -0.1) is 11.8 Å². The lowest BCUT2D eigenvalue weighted by Gasteiger charge is -2.00. The number of aromatic nitrogens is 2. The maximum Gasteiger partial charge on any atom is 0.357 e. The number of benzene rings is 1. The Morgan fingerprint density at radius 3 is 2.87 bits per heavy atom. The van der Waals surface area contributed by atoms with Crippen LogP contribution in [0.25, 0.3) is 10.9 Å². The van der Waals surface area contributed by atoms with Gasteiger partial charge < -0.3 is 5.11 Å². The van der Waals surface area contributed by atoms with Crippen LogP contribution >= 0.6 is 11.8 Å². The minimum Gasteiger partial charge on any atom is -0.476 e. The van der Waals surface area contributed by atoms with Gasteiger partial charge >= 0.3 is 5.97 Å². The van der Waals surface area contributed by atoms with Crippen molar-refractivity contribution in [2.24, 2.45) is 0 Å². The second kappa shape index (κ2) is 3.58. The first-order valence-electron chi connectivity index (χ1n) is 4.39. The smallest absolute Gasteiger partial charge is 0.357 e. The van der Waals surface area contributed by atoms with E-state index in [9.17, 15) is 4.79 Å². The molecule has 78 valence electrons. The summed E-state index contributed by atoms with van der Waals surface area (Å²) in [5, 5.41) is 16.2. The van der Waals surface area contributed by atoms with Gasteiger partial charge in [0.1, 0.15) is 0 Å². The molecule has 2 rings (SSSR count). The standard InChI is InChI=1S/C10H10N2O2S/c1-5-3-6-8(7(4-5)15-2)11-12-9(6)10(13)14/h3-4H,1-2H3,(H,11,12)(H,13,14). The molecule has 5 heteroatoms. The van der Waals surface area contributed by atoms with Gasteiger partial charge in [0.15, 0.2) is 5.69 Å². The first kappa shape index (κ1) is 10.0. The molecule has 0 bridgehead atoms. The molecule has 0 spiro atoms. The summed E-state index contributed by atoms with van der Waals surface area (Å²) in [6.45, 7) is 1.94. The Hall–Kier alpha value is -1.49. The molecule has 0 saturated carbocycles. The summed E-state index contributed by atoms with van der Waals surface area (Å²) in [6, 6.07) is 3.85. The molecular weight excluding hydrogens is 212 g/mol. The molecule has 1 aromatic carbocycles. The van der Waals surface area contributed by atoms with E-state index < -0.39 is 5.97 Å². The van der Waals surface area contributed by atoms with Crippen molar-refractivity contribution in [3.05, 3.63) is 23.4 Å². The second-order valence-electron chi connectivity index (χ2n) is 3.27. The highest BCUT2D eigenvalue weighted by Crippen LogP contribution is 2.28. The molecule has 2 N–H and O–H groups in total. The van der Waals surface area contributed by atoms with Gasteiger partial charge in [-0.2, -0.15) is 5.10 Å². The second-order valence-corrected chi connectivity index (χ2v) is 4.12. The number of carboxylic acids is 1. The molecule has 1 heterocycles. The van der Waals surface area contributed by atoms with Crippen molar-refractivity contribution in [3.63, 3.8) is 0 Å². The van der Waals surface area contributed by atoms with Crippen molar-refractivity contribution in [2.75, 3.05) is 6.26 Å². The number of nitrogens with one attached hydrogen (secondary N) is 1. The Labute approximate surface area is 90.7 Å². The third-order valence-electron chi connectivity index (χ3n) is 2.20. The fourth-order valence-electron chi connectivity index (χ4n) is 1.55. The average molecular weight is 222 g/mol. The van der Waals surface area contributed by atoms with Crippen LogP contribution in [-0.4, -0.2) is 27.5 Å². The molecule has 0 atom stereocenters. The summed E-state index contributed by atoms with van der Waals surface area (Å²) in [6.07, 6.45) is 1.95. The molecule has 15 heavy (non-hydrogen) atoms. The summed E-state index contributed by atoms with van der Waals surface area (Å²) >= 11 is 1.57. The SMILES string of the molecule is CSc1cc(C)cc2c(C(=O)O)n[nH]c12. The van der Waals surface area contributed by atoms with Crippen molar-refractivity contribution >= 4 is 28.6 Å². The van der Waals surface area contributed by atoms with Crippen LogP contribution in [0.4, 0.5) is 0 Å². The van der Waals surface area contributed by atoms with Crippen LogP contribution in [0.2, 0.25) is 0 Å². The van der Waals surface area contributed by atoms with Gasteiger partial charge in [-0.1, -0.05) is 0 Å². The van der Waals surface area contributed by atoms with Crippen LogP contribution < -0.4 is 0 Å². The molecule has 0 fully saturated rings. The monoisotopic (exact) mass is 222 g/mol. The van der Waals surface area contributed by atoms with Crippen molar-refractivity contribution in [2.45, 2.75) is 11.8 Å². The molecule has 0 aliphatic heterocycles. The van der Waals surface area contributed by atoms with Crippen LogP contribution in [0.15, 0.2) is 17.0 Å². The number of H-pyrrole nitrogens is 1. The van der Waals surface area contributed by atoms with Crippen LogP contribution in [0.1, 0.15) is 16.1 Å². The van der Waals surface area contributed by atoms with Gasteiger partial charge in [0.25, 0.3) is 0 Å². The maximum absolute atomic E-state index is 10.9. The molecule has 0 amide bonds. The van der Waals surface area contributed by atoms with E-state index in [1.165, 1.54) is 0 Å². The number of aromatic carboxylic acids is 1. The van der Waals surface area contributed by atoms with Crippen LogP contribution in [0.3, 0.4) is 0 Å². The topological polar surface area (TPSA) is 66.0 Å². The summed E-state index contributed by atoms with van der Waals surface area (Å²) in [5.74, 6) is -1.00. The number of hydrogen-bond acceptors (Lipinski definition) is 3. The van der Waals surface area contributed by atoms with E-state index in [0.717, 1.165) is 16.0 Å². The highest BCUT2D eigenvalue weighted by atomic mass is 32.2. The van der Waals surface area contributed by atoms with E-state index in [1.807, 2.05) is 25.3 Å². The third kappa shape index (κ3) is 1.59. The number of aromatic amines is 1. The Bertz CT molecular complexity index is 533. The zero-order valence-electron chi connectivity index (χ0n) is 8.37. The lowest BCUT2D eigenvalue weighted by Crippen LogP contribution is -1.96. The number of fused-ring (bicyclic) bond motifs is 1. The largest absolute Gasteiger partial charge is 0.476 e. The van der Waals surface area contributed by atoms with Gasteiger partial charge in [-0.3, -0.25) is 5.10 Å². The maximum atomic E-state index is 10.9. The summed E-state index contributed by atoms with van der Waals surface area (Å²) in [7, 11) is 0. The van der Waals surface area contributed by atoms with Crippen molar-refractivity contribution < 1.29 is 9.90 Å². The van der Waals surface area contributed by atoms with E-state index in [1.54, 1.807) is 11.8 Å². The van der Waals surface area contributed by atoms with E-state index >= 15 is 0 Å². The third-order valence-corrected chi connectivity index (χ3v) is 2.97. The summed E-state index contributed by atoms with van der Waals surface area (Å²) in [5.41, 5.74) is 1.92. The van der Waals surface area contributed by atoms with E-state index in [0.29, 0.717) is 5.39 Å². The predicted molar refractivity (Wildman–Crippen MR) is 59.6 cm³/mol. The quantitative estimate of drug-likeness (QED) is 0.765. The summed E-state index contributed by atoms with van der Waals surface area (Å²) in [4.78, 5) is 11.9. The van der Waals surface area contributed by atoms with Gasteiger partial charge in [0.2, 0.25) is 0 Å². The van der Waals surface area contributed by atoms with Crippen LogP contribution in [0, 0.1) is 6.92 Å². The Morgan fingerprint density at radius 1 is 1.53 bits per heavy atom. The molecule has 0 radical (unpaired) electrons. The first-order chi connectivity index (χ1) is 7.13. The lowest BCUT2D eigenvalue weighted by atomic mass is 10.1. The van der Waals surface area contributed by atoms with Crippen molar-refractivity contribution in [1.82, 2.24) is 10.2 Å². The number of thioether (sulfide) groups is 1. The fourth-order valence-corrected chi connectivity index (χ4v) is 2.21. The zero-order valence-corrected chi connectivity index (χ0v) is 9.18.